The summed E-state index contributed by atoms with van der Waals surface area (Å²) in [6.07, 6.45) is 2.03. The lowest BCUT2D eigenvalue weighted by molar-refractivity contribution is 0.284. The number of benzene rings is 1. The second-order valence-corrected chi connectivity index (χ2v) is 4.80. The molecular formula is C10H11NOS2. The van der Waals surface area contributed by atoms with Crippen LogP contribution in [0.2, 0.25) is 0 Å². The standard InChI is InChI=1S/C10H11NOS2/c1-13-7-2-8(11)10-6(4-12)5-14-9(10)3-7/h2-3,5,12H,4,11H2,1H3. The summed E-state index contributed by atoms with van der Waals surface area (Å²) in [5.74, 6) is 0. The van der Waals surface area contributed by atoms with Crippen LogP contribution < -0.4 is 5.73 Å². The molecular weight excluding hydrogens is 214 g/mol. The molecule has 0 amide bonds. The van der Waals surface area contributed by atoms with E-state index in [0.717, 1.165) is 21.3 Å². The van der Waals surface area contributed by atoms with Gasteiger partial charge in [0.25, 0.3) is 0 Å². The first-order valence-corrected chi connectivity index (χ1v) is 6.31. The molecule has 0 saturated heterocycles. The molecule has 0 fully saturated rings. The first-order valence-electron chi connectivity index (χ1n) is 4.20. The van der Waals surface area contributed by atoms with E-state index in [1.807, 2.05) is 17.7 Å². The topological polar surface area (TPSA) is 46.2 Å². The van der Waals surface area contributed by atoms with E-state index >= 15 is 0 Å². The van der Waals surface area contributed by atoms with Gasteiger partial charge in [-0.1, -0.05) is 0 Å². The van der Waals surface area contributed by atoms with Gasteiger partial charge in [0.15, 0.2) is 0 Å². The maximum absolute atomic E-state index is 9.12. The van der Waals surface area contributed by atoms with Gasteiger partial charge in [0, 0.05) is 20.7 Å². The van der Waals surface area contributed by atoms with Gasteiger partial charge in [0.05, 0.1) is 6.61 Å². The highest BCUT2D eigenvalue weighted by atomic mass is 32.2. The first kappa shape index (κ1) is 9.83. The zero-order valence-electron chi connectivity index (χ0n) is 7.78. The molecule has 0 spiro atoms. The van der Waals surface area contributed by atoms with Crippen molar-refractivity contribution in [3.8, 4) is 0 Å². The third-order valence-electron chi connectivity index (χ3n) is 2.16. The van der Waals surface area contributed by atoms with Crippen molar-refractivity contribution < 1.29 is 5.11 Å². The number of rotatable bonds is 2. The zero-order chi connectivity index (χ0) is 10.1. The Kier molecular flexibility index (Phi) is 2.67. The molecule has 0 atom stereocenters. The molecule has 74 valence electrons. The molecule has 1 heterocycles. The van der Waals surface area contributed by atoms with Crippen LogP contribution in [0.3, 0.4) is 0 Å². The van der Waals surface area contributed by atoms with Crippen LogP contribution in [0, 0.1) is 0 Å². The van der Waals surface area contributed by atoms with Gasteiger partial charge in [-0.15, -0.1) is 23.1 Å². The number of aliphatic hydroxyl groups excluding tert-OH is 1. The first-order chi connectivity index (χ1) is 6.76. The van der Waals surface area contributed by atoms with Crippen LogP contribution in [0.15, 0.2) is 22.4 Å². The van der Waals surface area contributed by atoms with E-state index in [-0.39, 0.29) is 6.61 Å². The molecule has 0 aliphatic carbocycles. The van der Waals surface area contributed by atoms with Gasteiger partial charge in [0.1, 0.15) is 0 Å². The van der Waals surface area contributed by atoms with E-state index in [1.165, 1.54) is 4.90 Å². The Labute approximate surface area is 90.7 Å². The fourth-order valence-electron chi connectivity index (χ4n) is 1.48. The molecule has 0 radical (unpaired) electrons. The molecule has 1 aromatic heterocycles. The molecule has 0 unspecified atom stereocenters. The van der Waals surface area contributed by atoms with Crippen molar-refractivity contribution in [1.29, 1.82) is 0 Å². The SMILES string of the molecule is CSc1cc(N)c2c(CO)csc2c1. The van der Waals surface area contributed by atoms with Gasteiger partial charge in [0.2, 0.25) is 0 Å². The van der Waals surface area contributed by atoms with Crippen molar-refractivity contribution in [2.24, 2.45) is 0 Å². The minimum absolute atomic E-state index is 0.0583. The Morgan fingerprint density at radius 3 is 2.93 bits per heavy atom. The van der Waals surface area contributed by atoms with E-state index in [2.05, 4.69) is 6.07 Å². The van der Waals surface area contributed by atoms with Crippen LogP contribution >= 0.6 is 23.1 Å². The molecule has 2 rings (SSSR count). The number of aliphatic hydroxyl groups is 1. The third kappa shape index (κ3) is 1.49. The summed E-state index contributed by atoms with van der Waals surface area (Å²) < 4.78 is 1.15. The molecule has 2 aromatic rings. The summed E-state index contributed by atoms with van der Waals surface area (Å²) in [6.45, 7) is 0.0583. The summed E-state index contributed by atoms with van der Waals surface area (Å²) in [4.78, 5) is 1.17. The number of fused-ring (bicyclic) bond motifs is 1. The number of nitrogens with two attached hydrogens (primary N) is 1. The number of thiophene rings is 1. The second kappa shape index (κ2) is 3.81. The van der Waals surface area contributed by atoms with Crippen LogP contribution in [-0.2, 0) is 6.61 Å². The van der Waals surface area contributed by atoms with E-state index in [4.69, 9.17) is 10.8 Å². The second-order valence-electron chi connectivity index (χ2n) is 3.01. The number of hydrogen-bond acceptors (Lipinski definition) is 4. The number of anilines is 1. The number of nitrogen functional groups attached to an aromatic ring is 1. The zero-order valence-corrected chi connectivity index (χ0v) is 9.41. The minimum Gasteiger partial charge on any atom is -0.398 e. The normalized spacial score (nSPS) is 11.0. The number of hydrogen-bond donors (Lipinski definition) is 2. The predicted octanol–water partition coefficient (Wildman–Crippen LogP) is 2.70. The molecule has 0 bridgehead atoms. The van der Waals surface area contributed by atoms with Gasteiger partial charge < -0.3 is 10.8 Å². The summed E-state index contributed by atoms with van der Waals surface area (Å²) in [5.41, 5.74) is 7.62. The average molecular weight is 225 g/mol. The average Bonchev–Trinajstić information content (AvgIpc) is 2.61. The summed E-state index contributed by atoms with van der Waals surface area (Å²) in [5, 5.41) is 12.1. The van der Waals surface area contributed by atoms with Crippen molar-refractivity contribution >= 4 is 38.9 Å². The largest absolute Gasteiger partial charge is 0.398 e. The van der Waals surface area contributed by atoms with Crippen molar-refractivity contribution in [3.05, 3.63) is 23.1 Å². The molecule has 3 N–H and O–H groups in total. The minimum atomic E-state index is 0.0583. The van der Waals surface area contributed by atoms with Gasteiger partial charge >= 0.3 is 0 Å². The van der Waals surface area contributed by atoms with Crippen LogP contribution in [0.25, 0.3) is 10.1 Å². The van der Waals surface area contributed by atoms with Crippen LogP contribution in [-0.4, -0.2) is 11.4 Å². The Morgan fingerprint density at radius 2 is 2.29 bits per heavy atom. The van der Waals surface area contributed by atoms with Crippen LogP contribution in [0.5, 0.6) is 0 Å². The lowest BCUT2D eigenvalue weighted by Crippen LogP contribution is -1.89. The maximum atomic E-state index is 9.12. The molecule has 0 aliphatic rings. The maximum Gasteiger partial charge on any atom is 0.0696 e. The van der Waals surface area contributed by atoms with Gasteiger partial charge in [-0.3, -0.25) is 0 Å². The van der Waals surface area contributed by atoms with E-state index in [0.29, 0.717) is 0 Å². The Morgan fingerprint density at radius 1 is 1.50 bits per heavy atom. The van der Waals surface area contributed by atoms with Crippen molar-refractivity contribution in [1.82, 2.24) is 0 Å². The van der Waals surface area contributed by atoms with Crippen molar-refractivity contribution in [2.45, 2.75) is 11.5 Å². The van der Waals surface area contributed by atoms with Crippen molar-refractivity contribution in [2.75, 3.05) is 12.0 Å². The fraction of sp³-hybridized carbons (Fsp3) is 0.200. The number of thioether (sulfide) groups is 1. The van der Waals surface area contributed by atoms with E-state index in [1.54, 1.807) is 23.1 Å². The smallest absolute Gasteiger partial charge is 0.0696 e. The van der Waals surface area contributed by atoms with E-state index in [9.17, 15) is 0 Å². The summed E-state index contributed by atoms with van der Waals surface area (Å²) >= 11 is 3.31. The highest BCUT2D eigenvalue weighted by Crippen LogP contribution is 2.34. The quantitative estimate of drug-likeness (QED) is 0.610. The Hall–Kier alpha value is -0.710. The Balaban J connectivity index is 2.72. The molecule has 14 heavy (non-hydrogen) atoms. The molecule has 4 heteroatoms. The summed E-state index contributed by atoms with van der Waals surface area (Å²) in [7, 11) is 0. The highest BCUT2D eigenvalue weighted by molar-refractivity contribution is 7.98. The van der Waals surface area contributed by atoms with Gasteiger partial charge in [-0.2, -0.15) is 0 Å². The molecule has 1 aromatic carbocycles. The molecule has 0 aliphatic heterocycles. The monoisotopic (exact) mass is 225 g/mol. The van der Waals surface area contributed by atoms with Gasteiger partial charge in [-0.05, 0) is 29.3 Å². The fourth-order valence-corrected chi connectivity index (χ4v) is 3.05. The highest BCUT2D eigenvalue weighted by Gasteiger charge is 2.07. The predicted molar refractivity (Wildman–Crippen MR) is 63.9 cm³/mol. The lowest BCUT2D eigenvalue weighted by Gasteiger charge is -2.02. The van der Waals surface area contributed by atoms with Crippen LogP contribution in [0.1, 0.15) is 5.56 Å². The van der Waals surface area contributed by atoms with Crippen LogP contribution in [0.4, 0.5) is 5.69 Å². The van der Waals surface area contributed by atoms with Gasteiger partial charge in [-0.25, -0.2) is 0 Å². The lowest BCUT2D eigenvalue weighted by atomic mass is 10.1. The third-order valence-corrected chi connectivity index (χ3v) is 3.85. The Bertz CT molecular complexity index is 464. The molecule has 0 saturated carbocycles. The molecule has 2 nitrogen and oxygen atoms in total. The van der Waals surface area contributed by atoms with E-state index < -0.39 is 0 Å². The summed E-state index contributed by atoms with van der Waals surface area (Å²) in [6, 6.07) is 4.07. The van der Waals surface area contributed by atoms with Crippen molar-refractivity contribution in [3.63, 3.8) is 0 Å².